The Kier molecular flexibility index (Phi) is 42.7. The summed E-state index contributed by atoms with van der Waals surface area (Å²) in [6, 6.07) is 0. The largest absolute Gasteiger partial charge is 0.347 e. The summed E-state index contributed by atoms with van der Waals surface area (Å²) in [5.74, 6) is -0.337. The summed E-state index contributed by atoms with van der Waals surface area (Å²) in [5.41, 5.74) is 0.272. The van der Waals surface area contributed by atoms with Crippen LogP contribution in [0.2, 0.25) is 0 Å². The first kappa shape index (κ1) is 53.9. The van der Waals surface area contributed by atoms with E-state index in [0.29, 0.717) is 0 Å². The monoisotopic (exact) mass is 744 g/mol. The minimum absolute atomic E-state index is 0.259. The second-order valence-corrected chi connectivity index (χ2v) is 15.5. The molecule has 314 valence electrons. The Morgan fingerprint density at radius 2 is 0.868 bits per heavy atom. The van der Waals surface area contributed by atoms with Gasteiger partial charge in [-0.15, -0.1) is 0 Å². The molecule has 3 heteroatoms. The molecule has 0 aromatic rings. The summed E-state index contributed by atoms with van der Waals surface area (Å²) in [4.78, 5) is 0. The van der Waals surface area contributed by atoms with Crippen LogP contribution in [0, 0.1) is 5.41 Å². The molecule has 1 fully saturated rings. The van der Waals surface area contributed by atoms with E-state index in [4.69, 9.17) is 9.47 Å². The van der Waals surface area contributed by atoms with Crippen LogP contribution in [0.5, 0.6) is 0 Å². The van der Waals surface area contributed by atoms with Crippen molar-refractivity contribution in [1.82, 2.24) is 5.32 Å². The predicted octanol–water partition coefficient (Wildman–Crippen LogP) is 16.6. The zero-order valence-electron chi connectivity index (χ0n) is 37.7. The molecule has 3 nitrogen and oxygen atoms in total. The molecule has 1 N–H and O–H groups in total. The van der Waals surface area contributed by atoms with Crippen molar-refractivity contribution in [3.8, 4) is 0 Å². The summed E-state index contributed by atoms with van der Waals surface area (Å²) in [6.07, 6.45) is 55.8. The van der Waals surface area contributed by atoms with Gasteiger partial charge in [-0.25, -0.2) is 0 Å². The molecule has 1 aliphatic heterocycles. The van der Waals surface area contributed by atoms with E-state index in [2.05, 4.69) is 88.5 Å². The highest BCUT2D eigenvalue weighted by atomic mass is 16.7. The van der Waals surface area contributed by atoms with E-state index >= 15 is 0 Å². The van der Waals surface area contributed by atoms with Crippen LogP contribution in [0.25, 0.3) is 0 Å². The summed E-state index contributed by atoms with van der Waals surface area (Å²) in [6.45, 7) is 16.4. The van der Waals surface area contributed by atoms with Gasteiger partial charge in [0.1, 0.15) is 0 Å². The number of ether oxygens (including phenoxy) is 2. The molecule has 0 aromatic heterocycles. The highest BCUT2D eigenvalue weighted by Gasteiger charge is 2.48. The van der Waals surface area contributed by atoms with Gasteiger partial charge in [-0.3, -0.25) is 0 Å². The van der Waals surface area contributed by atoms with Crippen LogP contribution in [-0.4, -0.2) is 32.6 Å². The van der Waals surface area contributed by atoms with Crippen LogP contribution >= 0.6 is 0 Å². The third kappa shape index (κ3) is 30.7. The van der Waals surface area contributed by atoms with E-state index in [1.54, 1.807) is 0 Å². The van der Waals surface area contributed by atoms with Crippen molar-refractivity contribution in [2.24, 2.45) is 5.41 Å². The van der Waals surface area contributed by atoms with Crippen molar-refractivity contribution >= 4 is 0 Å². The second kappa shape index (κ2) is 42.0. The Labute approximate surface area is 335 Å². The molecule has 0 bridgehead atoms. The lowest BCUT2D eigenvalue weighted by Gasteiger charge is -2.38. The first-order chi connectivity index (χ1) is 26.0. The molecule has 2 unspecified atom stereocenters. The molecule has 0 radical (unpaired) electrons. The van der Waals surface area contributed by atoms with Gasteiger partial charge in [0.15, 0.2) is 5.79 Å². The molecular formula is C50H97NO2. The average Bonchev–Trinajstić information content (AvgIpc) is 3.61. The minimum Gasteiger partial charge on any atom is -0.347 e. The first-order valence-corrected chi connectivity index (χ1v) is 23.5. The molecular weight excluding hydrogens is 647 g/mol. The molecule has 0 saturated carbocycles. The number of rotatable bonds is 34. The van der Waals surface area contributed by atoms with Gasteiger partial charge >= 0.3 is 0 Å². The third-order valence-corrected chi connectivity index (χ3v) is 11.0. The van der Waals surface area contributed by atoms with Gasteiger partial charge < -0.3 is 14.8 Å². The van der Waals surface area contributed by atoms with Crippen molar-refractivity contribution < 1.29 is 9.47 Å². The minimum atomic E-state index is -0.337. The Morgan fingerprint density at radius 3 is 1.23 bits per heavy atom. The predicted molar refractivity (Wildman–Crippen MR) is 241 cm³/mol. The Hall–Kier alpha value is -1.16. The van der Waals surface area contributed by atoms with Crippen LogP contribution < -0.4 is 5.32 Å². The van der Waals surface area contributed by atoms with Crippen LogP contribution in [0.1, 0.15) is 235 Å². The number of unbranched alkanes of at least 4 members (excludes halogenated alkanes) is 17. The summed E-state index contributed by atoms with van der Waals surface area (Å²) >= 11 is 0. The van der Waals surface area contributed by atoms with Gasteiger partial charge in [0.2, 0.25) is 0 Å². The quantitative estimate of drug-likeness (QED) is 0.0526. The van der Waals surface area contributed by atoms with Gasteiger partial charge in [-0.1, -0.05) is 174 Å². The Bertz CT molecular complexity index is 825. The summed E-state index contributed by atoms with van der Waals surface area (Å²) in [7, 11) is 3.75. The summed E-state index contributed by atoms with van der Waals surface area (Å²) in [5, 5.41) is 2.75. The van der Waals surface area contributed by atoms with Crippen molar-refractivity contribution in [3.63, 3.8) is 0 Å². The van der Waals surface area contributed by atoms with Gasteiger partial charge in [-0.2, -0.15) is 0 Å². The maximum Gasteiger partial charge on any atom is 0.168 e. The maximum atomic E-state index is 7.04. The zero-order valence-corrected chi connectivity index (χ0v) is 37.7. The van der Waals surface area contributed by atoms with Crippen LogP contribution in [0.15, 0.2) is 48.6 Å². The van der Waals surface area contributed by atoms with Gasteiger partial charge in [0, 0.05) is 12.8 Å². The molecule has 0 aliphatic carbocycles. The highest BCUT2D eigenvalue weighted by Crippen LogP contribution is 2.45. The Balaban J connectivity index is 0. The van der Waals surface area contributed by atoms with E-state index in [-0.39, 0.29) is 17.3 Å². The number of hydrogen-bond acceptors (Lipinski definition) is 3. The normalized spacial score (nSPS) is 17.6. The van der Waals surface area contributed by atoms with Crippen LogP contribution in [-0.2, 0) is 9.47 Å². The molecule has 1 saturated heterocycles. The lowest BCUT2D eigenvalue weighted by molar-refractivity contribution is -0.193. The SMILES string of the molecule is CC.CCCCC/C=C\C/C=C\CCCCCCCCC1(CCCCCCC/C=C\C/C=C\CCCCC)OCC(C(CC)(CC)CCC)O1.CNC. The molecule has 1 rings (SSSR count). The molecule has 0 amide bonds. The van der Waals surface area contributed by atoms with E-state index in [9.17, 15) is 0 Å². The van der Waals surface area contributed by atoms with Gasteiger partial charge in [0.05, 0.1) is 12.7 Å². The van der Waals surface area contributed by atoms with Crippen LogP contribution in [0.3, 0.4) is 0 Å². The van der Waals surface area contributed by atoms with Crippen LogP contribution in [0.4, 0.5) is 0 Å². The van der Waals surface area contributed by atoms with Gasteiger partial charge in [-0.05, 0) is 116 Å². The fourth-order valence-corrected chi connectivity index (χ4v) is 7.55. The van der Waals surface area contributed by atoms with Crippen molar-refractivity contribution in [1.29, 1.82) is 0 Å². The molecule has 1 heterocycles. The number of hydrogen-bond donors (Lipinski definition) is 1. The standard InChI is InChI=1S/C46H84O2.C2H7N.C2H6/c1-6-11-13-15-17-19-21-23-25-27-29-31-33-35-37-39-42-46(47-43-44(48-46)45(9-4,10-5)40-8-3)41-38-36-34-32-30-28-26-24-22-20-18-16-14-12-7-2;1-3-2;1-2/h17-20,23-26,44H,6-16,21-22,27-43H2,1-5H3;3H,1-2H3;1-2H3/b19-17-,20-18-,25-23-,26-24-;;. The molecule has 0 spiro atoms. The van der Waals surface area contributed by atoms with E-state index < -0.39 is 0 Å². The number of nitrogens with one attached hydrogen (secondary N) is 1. The highest BCUT2D eigenvalue weighted by molar-refractivity contribution is 4.94. The fraction of sp³-hybridized carbons (Fsp3) is 0.840. The van der Waals surface area contributed by atoms with E-state index in [1.165, 1.54) is 161 Å². The third-order valence-electron chi connectivity index (χ3n) is 11.0. The molecule has 2 atom stereocenters. The summed E-state index contributed by atoms with van der Waals surface area (Å²) < 4.78 is 13.7. The lowest BCUT2D eigenvalue weighted by atomic mass is 9.74. The van der Waals surface area contributed by atoms with E-state index in [1.807, 2.05) is 27.9 Å². The van der Waals surface area contributed by atoms with E-state index in [0.717, 1.165) is 32.3 Å². The number of allylic oxidation sites excluding steroid dienone is 8. The maximum absolute atomic E-state index is 7.04. The lowest BCUT2D eigenvalue weighted by Crippen LogP contribution is -2.39. The smallest absolute Gasteiger partial charge is 0.168 e. The first-order valence-electron chi connectivity index (χ1n) is 23.5. The Morgan fingerprint density at radius 1 is 0.509 bits per heavy atom. The molecule has 1 aliphatic rings. The van der Waals surface area contributed by atoms with Gasteiger partial charge in [0.25, 0.3) is 0 Å². The average molecular weight is 744 g/mol. The van der Waals surface area contributed by atoms with Crippen molar-refractivity contribution in [2.45, 2.75) is 247 Å². The molecule has 0 aromatic carbocycles. The van der Waals surface area contributed by atoms with Crippen molar-refractivity contribution in [2.75, 3.05) is 20.7 Å². The second-order valence-electron chi connectivity index (χ2n) is 15.5. The fourth-order valence-electron chi connectivity index (χ4n) is 7.55. The topological polar surface area (TPSA) is 30.5 Å². The van der Waals surface area contributed by atoms with Crippen molar-refractivity contribution in [3.05, 3.63) is 48.6 Å². The molecule has 53 heavy (non-hydrogen) atoms. The zero-order chi connectivity index (χ0) is 39.6.